The predicted octanol–water partition coefficient (Wildman–Crippen LogP) is 1.79. The fourth-order valence-electron chi connectivity index (χ4n) is 1.95. The minimum Gasteiger partial charge on any atom is -0.354 e. The highest BCUT2D eigenvalue weighted by Crippen LogP contribution is 2.12. The van der Waals surface area contributed by atoms with Crippen LogP contribution in [0.25, 0.3) is 0 Å². The lowest BCUT2D eigenvalue weighted by Gasteiger charge is -2.22. The molecule has 0 heterocycles. The molecule has 1 amide bonds. The molecule has 1 N–H and O–H groups in total. The van der Waals surface area contributed by atoms with E-state index in [1.54, 1.807) is 39.0 Å². The molecule has 1 rings (SSSR count). The Bertz CT molecular complexity index is 639. The van der Waals surface area contributed by atoms with Crippen molar-refractivity contribution in [1.29, 1.82) is 0 Å². The van der Waals surface area contributed by atoms with Crippen LogP contribution in [0.2, 0.25) is 0 Å². The Balaban J connectivity index is 2.61. The Morgan fingerprint density at radius 2 is 1.83 bits per heavy atom. The maximum absolute atomic E-state index is 13.6. The number of nitrogens with one attached hydrogen (secondary N) is 1. The highest BCUT2D eigenvalue weighted by molar-refractivity contribution is 7.88. The van der Waals surface area contributed by atoms with Crippen molar-refractivity contribution in [2.75, 3.05) is 25.9 Å². The lowest BCUT2D eigenvalue weighted by atomic mass is 9.96. The molecule has 0 bridgehead atoms. The van der Waals surface area contributed by atoms with Crippen LogP contribution < -0.4 is 5.32 Å². The Kier molecular flexibility index (Phi) is 6.70. The normalized spacial score (nSPS) is 12.4. The van der Waals surface area contributed by atoms with Gasteiger partial charge < -0.3 is 5.32 Å². The van der Waals surface area contributed by atoms with Crippen LogP contribution in [-0.4, -0.2) is 44.5 Å². The van der Waals surface area contributed by atoms with E-state index in [4.69, 9.17) is 0 Å². The summed E-state index contributed by atoms with van der Waals surface area (Å²) in [6.45, 7) is 5.92. The molecular formula is C16H25FN2O3S. The molecule has 0 atom stereocenters. The van der Waals surface area contributed by atoms with Crippen LogP contribution in [0.3, 0.4) is 0 Å². The molecule has 0 aliphatic heterocycles. The van der Waals surface area contributed by atoms with E-state index >= 15 is 0 Å². The zero-order chi connectivity index (χ0) is 17.7. The van der Waals surface area contributed by atoms with Crippen LogP contribution >= 0.6 is 0 Å². The number of sulfonamides is 1. The molecule has 1 aromatic rings. The fourth-order valence-corrected chi connectivity index (χ4v) is 2.79. The van der Waals surface area contributed by atoms with Gasteiger partial charge >= 0.3 is 0 Å². The summed E-state index contributed by atoms with van der Waals surface area (Å²) in [6, 6.07) is 6.29. The first-order valence-corrected chi connectivity index (χ1v) is 9.33. The predicted molar refractivity (Wildman–Crippen MR) is 89.0 cm³/mol. The van der Waals surface area contributed by atoms with Crippen molar-refractivity contribution in [3.05, 3.63) is 35.6 Å². The highest BCUT2D eigenvalue weighted by atomic mass is 32.2. The number of benzene rings is 1. The topological polar surface area (TPSA) is 66.5 Å². The zero-order valence-electron chi connectivity index (χ0n) is 14.1. The number of amides is 1. The summed E-state index contributed by atoms with van der Waals surface area (Å²) >= 11 is 0. The Morgan fingerprint density at radius 1 is 1.22 bits per heavy atom. The second kappa shape index (κ2) is 7.88. The van der Waals surface area contributed by atoms with Gasteiger partial charge in [-0.3, -0.25) is 4.79 Å². The lowest BCUT2D eigenvalue weighted by molar-refractivity contribution is -0.128. The van der Waals surface area contributed by atoms with Crippen LogP contribution in [0.4, 0.5) is 4.39 Å². The van der Waals surface area contributed by atoms with Gasteiger partial charge in [0.2, 0.25) is 15.9 Å². The van der Waals surface area contributed by atoms with Gasteiger partial charge in [0.15, 0.2) is 0 Å². The molecule has 0 spiro atoms. The molecule has 0 radical (unpaired) electrons. The van der Waals surface area contributed by atoms with E-state index in [0.717, 1.165) is 6.26 Å². The van der Waals surface area contributed by atoms with Crippen molar-refractivity contribution in [2.45, 2.75) is 27.2 Å². The van der Waals surface area contributed by atoms with Crippen LogP contribution in [0.1, 0.15) is 26.3 Å². The van der Waals surface area contributed by atoms with E-state index in [9.17, 15) is 17.6 Å². The largest absolute Gasteiger partial charge is 0.354 e. The van der Waals surface area contributed by atoms with E-state index in [0.29, 0.717) is 5.56 Å². The monoisotopic (exact) mass is 344 g/mol. The number of carbonyl (C=O) groups excluding carboxylic acids is 1. The minimum atomic E-state index is -3.42. The Morgan fingerprint density at radius 3 is 2.35 bits per heavy atom. The number of rotatable bonds is 7. The smallest absolute Gasteiger partial charge is 0.225 e. The Hall–Kier alpha value is -1.47. The second-order valence-electron chi connectivity index (χ2n) is 6.51. The first kappa shape index (κ1) is 19.6. The molecule has 0 unspecified atom stereocenters. The molecule has 5 nitrogen and oxygen atoms in total. The first-order valence-electron chi connectivity index (χ1n) is 7.48. The molecule has 0 saturated heterocycles. The molecule has 7 heteroatoms. The third-order valence-corrected chi connectivity index (χ3v) is 4.69. The standard InChI is InChI=1S/C16H25FN2O3S/c1-16(2,3)15(20)18-10-12-19(23(4,21)22)11-9-13-7-5-6-8-14(13)17/h5-8H,9-12H2,1-4H3,(H,18,20). The fraction of sp³-hybridized carbons (Fsp3) is 0.562. The summed E-state index contributed by atoms with van der Waals surface area (Å²) in [5.41, 5.74) is -0.0526. The summed E-state index contributed by atoms with van der Waals surface area (Å²) in [7, 11) is -3.42. The van der Waals surface area contributed by atoms with E-state index in [1.165, 1.54) is 10.4 Å². The van der Waals surface area contributed by atoms with E-state index in [2.05, 4.69) is 5.32 Å². The van der Waals surface area contributed by atoms with Crippen molar-refractivity contribution in [2.24, 2.45) is 5.41 Å². The SMILES string of the molecule is CC(C)(C)C(=O)NCCN(CCc1ccccc1F)S(C)(=O)=O. The van der Waals surface area contributed by atoms with Gasteiger partial charge in [0.05, 0.1) is 6.26 Å². The third kappa shape index (κ3) is 6.66. The minimum absolute atomic E-state index is 0.139. The van der Waals surface area contributed by atoms with Gasteiger partial charge in [-0.2, -0.15) is 0 Å². The maximum atomic E-state index is 13.6. The molecule has 23 heavy (non-hydrogen) atoms. The van der Waals surface area contributed by atoms with Crippen molar-refractivity contribution >= 4 is 15.9 Å². The molecular weight excluding hydrogens is 319 g/mol. The van der Waals surface area contributed by atoms with Gasteiger partial charge in [0, 0.05) is 25.0 Å². The van der Waals surface area contributed by atoms with Gasteiger partial charge in [0.1, 0.15) is 5.82 Å². The summed E-state index contributed by atoms with van der Waals surface area (Å²) in [5, 5.41) is 2.72. The number of carbonyl (C=O) groups is 1. The number of nitrogens with zero attached hydrogens (tertiary/aromatic N) is 1. The summed E-state index contributed by atoms with van der Waals surface area (Å²) in [5.74, 6) is -0.484. The average Bonchev–Trinajstić information content (AvgIpc) is 2.41. The Labute approximate surface area is 137 Å². The van der Waals surface area contributed by atoms with Gasteiger partial charge in [-0.05, 0) is 18.1 Å². The highest BCUT2D eigenvalue weighted by Gasteiger charge is 2.22. The molecule has 0 aliphatic rings. The second-order valence-corrected chi connectivity index (χ2v) is 8.49. The van der Waals surface area contributed by atoms with Gasteiger partial charge in [0.25, 0.3) is 0 Å². The van der Waals surface area contributed by atoms with E-state index < -0.39 is 15.4 Å². The van der Waals surface area contributed by atoms with Gasteiger partial charge in [-0.25, -0.2) is 17.1 Å². The molecule has 1 aromatic carbocycles. The van der Waals surface area contributed by atoms with Crippen molar-refractivity contribution in [1.82, 2.24) is 9.62 Å². The van der Waals surface area contributed by atoms with Gasteiger partial charge in [-0.15, -0.1) is 0 Å². The summed E-state index contributed by atoms with van der Waals surface area (Å²) in [6.07, 6.45) is 1.40. The third-order valence-electron chi connectivity index (χ3n) is 3.39. The quantitative estimate of drug-likeness (QED) is 0.820. The molecule has 0 aliphatic carbocycles. The van der Waals surface area contributed by atoms with Crippen molar-refractivity contribution < 1.29 is 17.6 Å². The van der Waals surface area contributed by atoms with Gasteiger partial charge in [-0.1, -0.05) is 39.0 Å². The van der Waals surface area contributed by atoms with Crippen molar-refractivity contribution in [3.63, 3.8) is 0 Å². The number of hydrogen-bond acceptors (Lipinski definition) is 3. The van der Waals surface area contributed by atoms with Crippen LogP contribution in [0.15, 0.2) is 24.3 Å². The number of hydrogen-bond donors (Lipinski definition) is 1. The molecule has 0 saturated carbocycles. The molecule has 0 fully saturated rings. The average molecular weight is 344 g/mol. The maximum Gasteiger partial charge on any atom is 0.225 e. The summed E-state index contributed by atoms with van der Waals surface area (Å²) in [4.78, 5) is 11.8. The first-order chi connectivity index (χ1) is 10.5. The zero-order valence-corrected chi connectivity index (χ0v) is 14.9. The van der Waals surface area contributed by atoms with E-state index in [1.807, 2.05) is 0 Å². The molecule has 0 aromatic heterocycles. The van der Waals surface area contributed by atoms with Crippen molar-refractivity contribution in [3.8, 4) is 0 Å². The van der Waals surface area contributed by atoms with Crippen LogP contribution in [-0.2, 0) is 21.2 Å². The van der Waals surface area contributed by atoms with Crippen LogP contribution in [0.5, 0.6) is 0 Å². The summed E-state index contributed by atoms with van der Waals surface area (Å²) < 4.78 is 38.5. The lowest BCUT2D eigenvalue weighted by Crippen LogP contribution is -2.42. The number of halogens is 1. The molecule has 130 valence electrons. The van der Waals surface area contributed by atoms with Crippen LogP contribution in [0, 0.1) is 11.2 Å². The van der Waals surface area contributed by atoms with E-state index in [-0.39, 0.29) is 37.8 Å².